The van der Waals surface area contributed by atoms with Gasteiger partial charge < -0.3 is 10.4 Å². The molecule has 0 fully saturated rings. The van der Waals surface area contributed by atoms with Crippen LogP contribution in [-0.4, -0.2) is 11.7 Å². The quantitative estimate of drug-likeness (QED) is 0.886. The van der Waals surface area contributed by atoms with Gasteiger partial charge in [-0.1, -0.05) is 6.07 Å². The van der Waals surface area contributed by atoms with Crippen LogP contribution < -0.4 is 5.32 Å². The van der Waals surface area contributed by atoms with Crippen molar-refractivity contribution in [1.29, 1.82) is 0 Å². The summed E-state index contributed by atoms with van der Waals surface area (Å²) in [6.45, 7) is 0.927. The highest BCUT2D eigenvalue weighted by Gasteiger charge is 2.11. The van der Waals surface area contributed by atoms with Gasteiger partial charge in [0.2, 0.25) is 0 Å². The van der Waals surface area contributed by atoms with Crippen molar-refractivity contribution in [2.75, 3.05) is 6.61 Å². The van der Waals surface area contributed by atoms with Crippen LogP contribution >= 0.6 is 38.6 Å². The zero-order valence-electron chi connectivity index (χ0n) is 8.52. The highest BCUT2D eigenvalue weighted by Crippen LogP contribution is 2.25. The van der Waals surface area contributed by atoms with Crippen molar-refractivity contribution >= 4 is 38.6 Å². The monoisotopic (exact) mass is 317 g/mol. The molecule has 16 heavy (non-hydrogen) atoms. The molecule has 0 aliphatic carbocycles. The van der Waals surface area contributed by atoms with Crippen LogP contribution in [0.3, 0.4) is 0 Å². The van der Waals surface area contributed by atoms with Crippen molar-refractivity contribution in [3.05, 3.63) is 43.2 Å². The second kappa shape index (κ2) is 5.93. The van der Waals surface area contributed by atoms with Crippen LogP contribution in [0.15, 0.2) is 33.4 Å². The maximum absolute atomic E-state index is 9.35. The Morgan fingerprint density at radius 2 is 2.31 bits per heavy atom. The highest BCUT2D eigenvalue weighted by molar-refractivity contribution is 9.10. The minimum atomic E-state index is 0.0263. The zero-order valence-corrected chi connectivity index (χ0v) is 11.7. The molecule has 1 atom stereocenters. The standard InChI is InChI=1S/C11H12BrNOS2/c12-8-4-11(16-7-8)10(6-14)13-5-9-2-1-3-15-9/h1-4,7,10,13-14H,5-6H2. The van der Waals surface area contributed by atoms with Crippen LogP contribution in [0.25, 0.3) is 0 Å². The number of nitrogens with one attached hydrogen (secondary N) is 1. The maximum atomic E-state index is 9.35. The summed E-state index contributed by atoms with van der Waals surface area (Å²) in [5.41, 5.74) is 0. The van der Waals surface area contributed by atoms with Gasteiger partial charge in [-0.05, 0) is 33.4 Å². The van der Waals surface area contributed by atoms with E-state index in [0.29, 0.717) is 0 Å². The predicted molar refractivity (Wildman–Crippen MR) is 73.0 cm³/mol. The Hall–Kier alpha value is -0.200. The van der Waals surface area contributed by atoms with Crippen molar-refractivity contribution in [1.82, 2.24) is 5.32 Å². The van der Waals surface area contributed by atoms with E-state index in [-0.39, 0.29) is 12.6 Å². The molecule has 2 rings (SSSR count). The van der Waals surface area contributed by atoms with Gasteiger partial charge in [0.15, 0.2) is 0 Å². The van der Waals surface area contributed by atoms with Gasteiger partial charge in [-0.3, -0.25) is 0 Å². The van der Waals surface area contributed by atoms with Crippen LogP contribution in [-0.2, 0) is 6.54 Å². The fourth-order valence-electron chi connectivity index (χ4n) is 1.40. The van der Waals surface area contributed by atoms with Crippen LogP contribution in [0, 0.1) is 0 Å². The lowest BCUT2D eigenvalue weighted by molar-refractivity contribution is 0.246. The topological polar surface area (TPSA) is 32.3 Å². The normalized spacial score (nSPS) is 12.9. The summed E-state index contributed by atoms with van der Waals surface area (Å²) in [7, 11) is 0. The summed E-state index contributed by atoms with van der Waals surface area (Å²) in [5, 5.41) is 16.8. The number of aliphatic hydroxyl groups is 1. The Morgan fingerprint density at radius 1 is 1.44 bits per heavy atom. The minimum Gasteiger partial charge on any atom is -0.394 e. The molecular weight excluding hydrogens is 306 g/mol. The van der Waals surface area contributed by atoms with Gasteiger partial charge in [-0.15, -0.1) is 22.7 Å². The van der Waals surface area contributed by atoms with E-state index in [1.807, 2.05) is 17.5 Å². The number of hydrogen-bond donors (Lipinski definition) is 2. The molecule has 2 heterocycles. The fourth-order valence-corrected chi connectivity index (χ4v) is 3.57. The average Bonchev–Trinajstić information content (AvgIpc) is 2.91. The van der Waals surface area contributed by atoms with Crippen LogP contribution in [0.2, 0.25) is 0 Å². The number of thiophene rings is 2. The molecule has 0 saturated carbocycles. The first-order valence-corrected chi connectivity index (χ1v) is 7.45. The number of hydrogen-bond acceptors (Lipinski definition) is 4. The van der Waals surface area contributed by atoms with Crippen LogP contribution in [0.5, 0.6) is 0 Å². The Morgan fingerprint density at radius 3 is 2.88 bits per heavy atom. The van der Waals surface area contributed by atoms with E-state index in [1.165, 1.54) is 4.88 Å². The molecule has 2 aromatic rings. The van der Waals surface area contributed by atoms with E-state index in [1.54, 1.807) is 22.7 Å². The van der Waals surface area contributed by atoms with Crippen molar-refractivity contribution in [2.24, 2.45) is 0 Å². The minimum absolute atomic E-state index is 0.0263. The third-order valence-corrected chi connectivity index (χ3v) is 4.90. The van der Waals surface area contributed by atoms with Gasteiger partial charge in [-0.2, -0.15) is 0 Å². The summed E-state index contributed by atoms with van der Waals surface area (Å²) in [5.74, 6) is 0. The van der Waals surface area contributed by atoms with Crippen molar-refractivity contribution in [2.45, 2.75) is 12.6 Å². The Labute approximate surface area is 111 Å². The molecule has 0 radical (unpaired) electrons. The number of aliphatic hydroxyl groups excluding tert-OH is 1. The molecule has 0 bridgehead atoms. The first-order valence-electron chi connectivity index (χ1n) is 4.90. The third-order valence-electron chi connectivity index (χ3n) is 2.22. The molecule has 0 amide bonds. The summed E-state index contributed by atoms with van der Waals surface area (Å²) in [6, 6.07) is 6.21. The second-order valence-electron chi connectivity index (χ2n) is 3.36. The van der Waals surface area contributed by atoms with E-state index in [4.69, 9.17) is 0 Å². The summed E-state index contributed by atoms with van der Waals surface area (Å²) >= 11 is 6.80. The summed E-state index contributed by atoms with van der Waals surface area (Å²) < 4.78 is 1.07. The summed E-state index contributed by atoms with van der Waals surface area (Å²) in [6.07, 6.45) is 0. The molecule has 86 valence electrons. The second-order valence-corrected chi connectivity index (χ2v) is 6.25. The van der Waals surface area contributed by atoms with Crippen LogP contribution in [0.1, 0.15) is 15.8 Å². The molecule has 2 N–H and O–H groups in total. The lowest BCUT2D eigenvalue weighted by atomic mass is 10.2. The van der Waals surface area contributed by atoms with Gasteiger partial charge >= 0.3 is 0 Å². The van der Waals surface area contributed by atoms with Crippen molar-refractivity contribution < 1.29 is 5.11 Å². The lowest BCUT2D eigenvalue weighted by Gasteiger charge is -2.13. The molecule has 0 aliphatic rings. The van der Waals surface area contributed by atoms with E-state index < -0.39 is 0 Å². The zero-order chi connectivity index (χ0) is 11.4. The Balaban J connectivity index is 1.96. The van der Waals surface area contributed by atoms with E-state index in [9.17, 15) is 5.11 Å². The van der Waals surface area contributed by atoms with Crippen LogP contribution in [0.4, 0.5) is 0 Å². The van der Waals surface area contributed by atoms with E-state index in [2.05, 4.69) is 32.7 Å². The average molecular weight is 318 g/mol. The lowest BCUT2D eigenvalue weighted by Crippen LogP contribution is -2.22. The molecule has 2 aromatic heterocycles. The third kappa shape index (κ3) is 3.15. The fraction of sp³-hybridized carbons (Fsp3) is 0.273. The SMILES string of the molecule is OCC(NCc1cccs1)c1cc(Br)cs1. The van der Waals surface area contributed by atoms with Gasteiger partial charge in [0.05, 0.1) is 12.6 Å². The van der Waals surface area contributed by atoms with Gasteiger partial charge in [-0.25, -0.2) is 0 Å². The molecular formula is C11H12BrNOS2. The maximum Gasteiger partial charge on any atom is 0.0653 e. The first kappa shape index (κ1) is 12.3. The van der Waals surface area contributed by atoms with Gasteiger partial charge in [0.1, 0.15) is 0 Å². The molecule has 2 nitrogen and oxygen atoms in total. The molecule has 0 saturated heterocycles. The van der Waals surface area contributed by atoms with Gasteiger partial charge in [0.25, 0.3) is 0 Å². The van der Waals surface area contributed by atoms with E-state index in [0.717, 1.165) is 15.9 Å². The smallest absolute Gasteiger partial charge is 0.0653 e. The molecule has 0 aliphatic heterocycles. The predicted octanol–water partition coefficient (Wildman–Crippen LogP) is 3.40. The van der Waals surface area contributed by atoms with Gasteiger partial charge in [0, 0.05) is 26.2 Å². The van der Waals surface area contributed by atoms with E-state index >= 15 is 0 Å². The molecule has 1 unspecified atom stereocenters. The molecule has 5 heteroatoms. The highest BCUT2D eigenvalue weighted by atomic mass is 79.9. The Bertz CT molecular complexity index is 427. The first-order chi connectivity index (χ1) is 7.79. The van der Waals surface area contributed by atoms with Crippen molar-refractivity contribution in [3.63, 3.8) is 0 Å². The molecule has 0 aromatic carbocycles. The van der Waals surface area contributed by atoms with Crippen molar-refractivity contribution in [3.8, 4) is 0 Å². The number of rotatable bonds is 5. The summed E-state index contributed by atoms with van der Waals surface area (Å²) in [4.78, 5) is 2.44. The Kier molecular flexibility index (Phi) is 4.55. The number of halogens is 1. The largest absolute Gasteiger partial charge is 0.394 e. The molecule has 0 spiro atoms.